The molecule has 0 fully saturated rings. The van der Waals surface area contributed by atoms with E-state index in [0.717, 1.165) is 5.56 Å². The summed E-state index contributed by atoms with van der Waals surface area (Å²) in [5.41, 5.74) is 1.34. The third-order valence-corrected chi connectivity index (χ3v) is 2.75. The summed E-state index contributed by atoms with van der Waals surface area (Å²) in [6.45, 7) is 2.14. The van der Waals surface area contributed by atoms with Crippen molar-refractivity contribution in [1.82, 2.24) is 9.78 Å². The molecule has 1 heterocycles. The van der Waals surface area contributed by atoms with Crippen molar-refractivity contribution >= 4 is 5.97 Å². The van der Waals surface area contributed by atoms with E-state index in [1.165, 1.54) is 17.9 Å². The number of rotatable bonds is 5. The highest BCUT2D eigenvalue weighted by atomic mass is 16.5. The highest BCUT2D eigenvalue weighted by Crippen LogP contribution is 2.31. The number of nitrogens with zero attached hydrogens (tertiary/aromatic N) is 2. The molecule has 0 saturated carbocycles. The zero-order valence-corrected chi connectivity index (χ0v) is 11.4. The lowest BCUT2D eigenvalue weighted by Crippen LogP contribution is -2.13. The number of aromatic nitrogens is 2. The van der Waals surface area contributed by atoms with Gasteiger partial charge in [-0.3, -0.25) is 9.48 Å². The first-order valence-electron chi connectivity index (χ1n) is 6.19. The molecule has 0 saturated heterocycles. The van der Waals surface area contributed by atoms with Gasteiger partial charge in [0.2, 0.25) is 0 Å². The quantitative estimate of drug-likeness (QED) is 0.843. The zero-order chi connectivity index (χ0) is 14.5. The summed E-state index contributed by atoms with van der Waals surface area (Å²) >= 11 is 0. The summed E-state index contributed by atoms with van der Waals surface area (Å²) in [6, 6.07) is 5.01. The van der Waals surface area contributed by atoms with E-state index in [1.807, 2.05) is 0 Å². The lowest BCUT2D eigenvalue weighted by Gasteiger charge is -2.04. The Morgan fingerprint density at radius 2 is 2.25 bits per heavy atom. The number of ether oxygens (including phenoxy) is 2. The van der Waals surface area contributed by atoms with Crippen molar-refractivity contribution in [2.75, 3.05) is 13.7 Å². The lowest BCUT2D eigenvalue weighted by atomic mass is 10.1. The summed E-state index contributed by atoms with van der Waals surface area (Å²) in [5.74, 6) is 0.325. The SMILES string of the molecule is CCOC(=O)Cn1cc(-c2ccc(OC)cc2O)cn1. The molecule has 2 rings (SSSR count). The highest BCUT2D eigenvalue weighted by Gasteiger charge is 2.10. The maximum Gasteiger partial charge on any atom is 0.327 e. The number of phenolic OH excluding ortho intramolecular Hbond substituents is 1. The number of carbonyl (C=O) groups is 1. The van der Waals surface area contributed by atoms with Gasteiger partial charge in [0.25, 0.3) is 0 Å². The molecule has 0 aliphatic carbocycles. The monoisotopic (exact) mass is 276 g/mol. The molecule has 0 unspecified atom stereocenters. The number of phenols is 1. The predicted octanol–water partition coefficient (Wildman–Crippen LogP) is 1.83. The number of benzene rings is 1. The Labute approximate surface area is 116 Å². The second-order valence-electron chi connectivity index (χ2n) is 4.11. The van der Waals surface area contributed by atoms with E-state index in [0.29, 0.717) is 17.9 Å². The summed E-state index contributed by atoms with van der Waals surface area (Å²) in [4.78, 5) is 11.4. The maximum atomic E-state index is 11.4. The Morgan fingerprint density at radius 1 is 1.45 bits per heavy atom. The molecule has 1 aromatic heterocycles. The predicted molar refractivity (Wildman–Crippen MR) is 72.5 cm³/mol. The highest BCUT2D eigenvalue weighted by molar-refractivity contribution is 5.71. The standard InChI is InChI=1S/C14H16N2O4/c1-3-20-14(18)9-16-8-10(7-15-16)12-5-4-11(19-2)6-13(12)17/h4-8,17H,3,9H2,1-2H3. The van der Waals surface area contributed by atoms with Crippen LogP contribution >= 0.6 is 0 Å². The Bertz CT molecular complexity index is 607. The third kappa shape index (κ3) is 3.09. The van der Waals surface area contributed by atoms with Crippen LogP contribution in [-0.4, -0.2) is 34.6 Å². The topological polar surface area (TPSA) is 73.6 Å². The average molecular weight is 276 g/mol. The molecule has 1 N–H and O–H groups in total. The van der Waals surface area contributed by atoms with E-state index in [1.54, 1.807) is 31.5 Å². The smallest absolute Gasteiger partial charge is 0.327 e. The Kier molecular flexibility index (Phi) is 4.24. The van der Waals surface area contributed by atoms with Gasteiger partial charge in [0.15, 0.2) is 0 Å². The largest absolute Gasteiger partial charge is 0.507 e. The van der Waals surface area contributed by atoms with Crippen LogP contribution in [0.3, 0.4) is 0 Å². The number of methoxy groups -OCH3 is 1. The van der Waals surface area contributed by atoms with E-state index in [4.69, 9.17) is 9.47 Å². The molecule has 6 heteroatoms. The van der Waals surface area contributed by atoms with Crippen molar-refractivity contribution in [2.45, 2.75) is 13.5 Å². The van der Waals surface area contributed by atoms with Crippen molar-refractivity contribution in [3.05, 3.63) is 30.6 Å². The van der Waals surface area contributed by atoms with Crippen LogP contribution in [0.2, 0.25) is 0 Å². The van der Waals surface area contributed by atoms with Crippen LogP contribution < -0.4 is 4.74 Å². The minimum atomic E-state index is -0.346. The number of aromatic hydroxyl groups is 1. The normalized spacial score (nSPS) is 10.3. The number of carbonyl (C=O) groups excluding carboxylic acids is 1. The minimum absolute atomic E-state index is 0.0464. The number of esters is 1. The van der Waals surface area contributed by atoms with Gasteiger partial charge < -0.3 is 14.6 Å². The molecule has 0 aliphatic rings. The molecule has 0 radical (unpaired) electrons. The Hall–Kier alpha value is -2.50. The molecule has 106 valence electrons. The van der Waals surface area contributed by atoms with Crippen LogP contribution in [0.4, 0.5) is 0 Å². The third-order valence-electron chi connectivity index (χ3n) is 2.75. The number of hydrogen-bond donors (Lipinski definition) is 1. The molecule has 0 atom stereocenters. The van der Waals surface area contributed by atoms with Crippen molar-refractivity contribution in [3.8, 4) is 22.6 Å². The van der Waals surface area contributed by atoms with Gasteiger partial charge >= 0.3 is 5.97 Å². The molecule has 2 aromatic rings. The van der Waals surface area contributed by atoms with Crippen LogP contribution in [-0.2, 0) is 16.1 Å². The first-order valence-corrected chi connectivity index (χ1v) is 6.19. The van der Waals surface area contributed by atoms with Gasteiger partial charge in [-0.25, -0.2) is 0 Å². The van der Waals surface area contributed by atoms with Gasteiger partial charge in [-0.05, 0) is 19.1 Å². The van der Waals surface area contributed by atoms with Gasteiger partial charge in [0.05, 0.1) is 19.9 Å². The second-order valence-corrected chi connectivity index (χ2v) is 4.11. The second kappa shape index (κ2) is 6.10. The van der Waals surface area contributed by atoms with Crippen LogP contribution in [0.1, 0.15) is 6.92 Å². The van der Waals surface area contributed by atoms with Gasteiger partial charge in [-0.15, -0.1) is 0 Å². The molecule has 20 heavy (non-hydrogen) atoms. The molecule has 0 bridgehead atoms. The van der Waals surface area contributed by atoms with Crippen molar-refractivity contribution < 1.29 is 19.4 Å². The summed E-state index contributed by atoms with van der Waals surface area (Å²) in [5, 5.41) is 14.0. The van der Waals surface area contributed by atoms with E-state index in [2.05, 4.69) is 5.10 Å². The van der Waals surface area contributed by atoms with E-state index >= 15 is 0 Å². The van der Waals surface area contributed by atoms with E-state index in [-0.39, 0.29) is 18.3 Å². The van der Waals surface area contributed by atoms with Gasteiger partial charge in [-0.1, -0.05) is 0 Å². The van der Waals surface area contributed by atoms with Crippen molar-refractivity contribution in [1.29, 1.82) is 0 Å². The van der Waals surface area contributed by atoms with Crippen LogP contribution in [0.5, 0.6) is 11.5 Å². The molecule has 0 spiro atoms. The molecular weight excluding hydrogens is 260 g/mol. The fraction of sp³-hybridized carbons (Fsp3) is 0.286. The van der Waals surface area contributed by atoms with Crippen LogP contribution in [0, 0.1) is 0 Å². The fourth-order valence-corrected chi connectivity index (χ4v) is 1.81. The van der Waals surface area contributed by atoms with Gasteiger partial charge in [0.1, 0.15) is 18.0 Å². The molecule has 6 nitrogen and oxygen atoms in total. The fourth-order valence-electron chi connectivity index (χ4n) is 1.81. The molecule has 1 aromatic carbocycles. The van der Waals surface area contributed by atoms with Gasteiger partial charge in [0, 0.05) is 23.4 Å². The summed E-state index contributed by atoms with van der Waals surface area (Å²) in [6.07, 6.45) is 3.26. The van der Waals surface area contributed by atoms with Crippen molar-refractivity contribution in [3.63, 3.8) is 0 Å². The van der Waals surface area contributed by atoms with Gasteiger partial charge in [-0.2, -0.15) is 5.10 Å². The molecular formula is C14H16N2O4. The molecule has 0 aliphatic heterocycles. The summed E-state index contributed by atoms with van der Waals surface area (Å²) in [7, 11) is 1.53. The number of hydrogen-bond acceptors (Lipinski definition) is 5. The first kappa shape index (κ1) is 13.9. The lowest BCUT2D eigenvalue weighted by molar-refractivity contribution is -0.144. The van der Waals surface area contributed by atoms with E-state index < -0.39 is 0 Å². The van der Waals surface area contributed by atoms with Crippen LogP contribution in [0.25, 0.3) is 11.1 Å². The maximum absolute atomic E-state index is 11.4. The minimum Gasteiger partial charge on any atom is -0.507 e. The summed E-state index contributed by atoms with van der Waals surface area (Å²) < 4.78 is 11.3. The van der Waals surface area contributed by atoms with E-state index in [9.17, 15) is 9.90 Å². The van der Waals surface area contributed by atoms with Crippen molar-refractivity contribution in [2.24, 2.45) is 0 Å². The Balaban J connectivity index is 2.18. The van der Waals surface area contributed by atoms with Crippen LogP contribution in [0.15, 0.2) is 30.6 Å². The molecule has 0 amide bonds. The zero-order valence-electron chi connectivity index (χ0n) is 11.4. The average Bonchev–Trinajstić information content (AvgIpc) is 2.86. The Morgan fingerprint density at radius 3 is 2.90 bits per heavy atom. The first-order chi connectivity index (χ1) is 9.63.